The molecule has 1 aliphatic heterocycles. The van der Waals surface area contributed by atoms with Crippen LogP contribution in [0.5, 0.6) is 0 Å². The average molecular weight is 404 g/mol. The van der Waals surface area contributed by atoms with Crippen LogP contribution < -0.4 is 10.3 Å². The van der Waals surface area contributed by atoms with E-state index in [1.54, 1.807) is 19.1 Å². The second-order valence-electron chi connectivity index (χ2n) is 7.93. The lowest BCUT2D eigenvalue weighted by Gasteiger charge is -2.24. The largest absolute Gasteiger partial charge is 0.339 e. The van der Waals surface area contributed by atoms with Crippen molar-refractivity contribution in [1.82, 2.24) is 14.6 Å². The normalized spacial score (nSPS) is 21.1. The number of fused-ring (bicyclic) bond motifs is 1. The summed E-state index contributed by atoms with van der Waals surface area (Å²) in [5, 5.41) is 0.700. The summed E-state index contributed by atoms with van der Waals surface area (Å²) in [6, 6.07) is 6.46. The van der Waals surface area contributed by atoms with Crippen molar-refractivity contribution in [2.75, 3.05) is 13.1 Å². The number of rotatable bonds is 5. The summed E-state index contributed by atoms with van der Waals surface area (Å²) in [4.78, 5) is 28.7. The zero-order valence-corrected chi connectivity index (χ0v) is 16.7. The number of nitrogens with zero attached hydrogens (tertiary/aromatic N) is 1. The molecule has 0 spiro atoms. The summed E-state index contributed by atoms with van der Waals surface area (Å²) in [5.74, 6) is 0.141. The molecule has 8 heteroatoms. The number of hydrogen-bond acceptors (Lipinski definition) is 4. The van der Waals surface area contributed by atoms with Crippen LogP contribution in [-0.2, 0) is 14.8 Å². The van der Waals surface area contributed by atoms with Gasteiger partial charge in [0.05, 0.1) is 4.90 Å². The monoisotopic (exact) mass is 403 g/mol. The first kappa shape index (κ1) is 19.1. The molecule has 2 N–H and O–H groups in total. The first-order chi connectivity index (χ1) is 13.3. The van der Waals surface area contributed by atoms with Gasteiger partial charge in [-0.25, -0.2) is 13.1 Å². The van der Waals surface area contributed by atoms with Gasteiger partial charge in [-0.05, 0) is 49.4 Å². The van der Waals surface area contributed by atoms with Crippen molar-refractivity contribution in [1.29, 1.82) is 0 Å². The zero-order chi connectivity index (χ0) is 19.9. The molecule has 1 aliphatic carbocycles. The van der Waals surface area contributed by atoms with Gasteiger partial charge in [0.2, 0.25) is 21.5 Å². The van der Waals surface area contributed by atoms with Gasteiger partial charge in [0, 0.05) is 42.5 Å². The Labute approximate surface area is 164 Å². The van der Waals surface area contributed by atoms with E-state index in [2.05, 4.69) is 9.71 Å². The number of amides is 1. The van der Waals surface area contributed by atoms with E-state index in [4.69, 9.17) is 0 Å². The number of carbonyl (C=O) groups is 1. The van der Waals surface area contributed by atoms with Gasteiger partial charge in [-0.3, -0.25) is 9.59 Å². The van der Waals surface area contributed by atoms with Crippen LogP contribution in [-0.4, -0.2) is 43.3 Å². The number of sulfonamides is 1. The van der Waals surface area contributed by atoms with Crippen molar-refractivity contribution < 1.29 is 13.2 Å². The summed E-state index contributed by atoms with van der Waals surface area (Å²) < 4.78 is 28.2. The number of likely N-dealkylation sites (tertiary alicyclic amines) is 1. The van der Waals surface area contributed by atoms with Crippen LogP contribution in [0.2, 0.25) is 0 Å². The number of aromatic amines is 1. The topological polar surface area (TPSA) is 99.3 Å². The van der Waals surface area contributed by atoms with E-state index in [-0.39, 0.29) is 28.8 Å². The number of H-pyrrole nitrogens is 1. The first-order valence-corrected chi connectivity index (χ1v) is 11.2. The Hall–Kier alpha value is -2.19. The van der Waals surface area contributed by atoms with Gasteiger partial charge in [0.15, 0.2) is 0 Å². The average Bonchev–Trinajstić information content (AvgIpc) is 3.29. The molecule has 1 saturated carbocycles. The molecule has 0 bridgehead atoms. The van der Waals surface area contributed by atoms with E-state index in [0.29, 0.717) is 29.9 Å². The van der Waals surface area contributed by atoms with Crippen LogP contribution in [0, 0.1) is 12.8 Å². The van der Waals surface area contributed by atoms with Crippen molar-refractivity contribution in [2.24, 2.45) is 5.92 Å². The lowest BCUT2D eigenvalue weighted by molar-refractivity contribution is -0.129. The molecule has 2 aromatic rings. The van der Waals surface area contributed by atoms with Crippen LogP contribution in [0.25, 0.3) is 10.9 Å². The standard InChI is InChI=1S/C20H25N3O4S/c1-13-8-19(24)22-18-7-6-16(10-17(13)18)28(26,27)21-11-14-9-20(25)23(12-14)15-4-2-3-5-15/h6-8,10,14-15,21H,2-5,9,11-12H2,1H3,(H,22,24)/t14-/m1/s1. The summed E-state index contributed by atoms with van der Waals surface area (Å²) in [6.45, 7) is 2.66. The van der Waals surface area contributed by atoms with Crippen LogP contribution >= 0.6 is 0 Å². The number of aromatic nitrogens is 1. The molecular weight excluding hydrogens is 378 g/mol. The predicted molar refractivity (Wildman–Crippen MR) is 107 cm³/mol. The fraction of sp³-hybridized carbons (Fsp3) is 0.500. The van der Waals surface area contributed by atoms with Gasteiger partial charge < -0.3 is 9.88 Å². The van der Waals surface area contributed by atoms with E-state index in [9.17, 15) is 18.0 Å². The Morgan fingerprint density at radius 3 is 2.68 bits per heavy atom. The fourth-order valence-corrected chi connectivity index (χ4v) is 5.54. The molecule has 2 fully saturated rings. The van der Waals surface area contributed by atoms with E-state index in [1.165, 1.54) is 25.0 Å². The molecule has 1 atom stereocenters. The first-order valence-electron chi connectivity index (χ1n) is 9.76. The highest BCUT2D eigenvalue weighted by Gasteiger charge is 2.35. The van der Waals surface area contributed by atoms with E-state index in [1.807, 2.05) is 4.90 Å². The molecule has 4 rings (SSSR count). The molecule has 150 valence electrons. The molecule has 1 aromatic heterocycles. The van der Waals surface area contributed by atoms with Crippen molar-refractivity contribution in [3.8, 4) is 0 Å². The van der Waals surface area contributed by atoms with Crippen molar-refractivity contribution in [3.63, 3.8) is 0 Å². The Morgan fingerprint density at radius 1 is 1.18 bits per heavy atom. The Kier molecular flexibility index (Phi) is 5.01. The van der Waals surface area contributed by atoms with Crippen LogP contribution in [0.1, 0.15) is 37.7 Å². The van der Waals surface area contributed by atoms with Crippen molar-refractivity contribution >= 4 is 26.8 Å². The van der Waals surface area contributed by atoms with E-state index < -0.39 is 10.0 Å². The minimum absolute atomic E-state index is 0.00132. The Morgan fingerprint density at radius 2 is 1.93 bits per heavy atom. The third-order valence-corrected chi connectivity index (χ3v) is 7.32. The summed E-state index contributed by atoms with van der Waals surface area (Å²) in [6.07, 6.45) is 4.85. The molecule has 2 heterocycles. The molecule has 0 radical (unpaired) electrons. The summed E-state index contributed by atoms with van der Waals surface area (Å²) in [7, 11) is -3.69. The van der Waals surface area contributed by atoms with Gasteiger partial charge in [-0.15, -0.1) is 0 Å². The predicted octanol–water partition coefficient (Wildman–Crippen LogP) is 1.91. The van der Waals surface area contributed by atoms with Gasteiger partial charge in [0.1, 0.15) is 0 Å². The number of benzene rings is 1. The second kappa shape index (κ2) is 7.33. The third kappa shape index (κ3) is 3.71. The molecule has 1 saturated heterocycles. The van der Waals surface area contributed by atoms with Gasteiger partial charge in [-0.1, -0.05) is 12.8 Å². The summed E-state index contributed by atoms with van der Waals surface area (Å²) >= 11 is 0. The van der Waals surface area contributed by atoms with Gasteiger partial charge >= 0.3 is 0 Å². The number of pyridine rings is 1. The zero-order valence-electron chi connectivity index (χ0n) is 15.9. The van der Waals surface area contributed by atoms with Crippen molar-refractivity contribution in [3.05, 3.63) is 40.2 Å². The minimum atomic E-state index is -3.69. The third-order valence-electron chi connectivity index (χ3n) is 5.90. The van der Waals surface area contributed by atoms with Crippen LogP contribution in [0.4, 0.5) is 0 Å². The Balaban J connectivity index is 1.47. The maximum absolute atomic E-state index is 12.7. The maximum Gasteiger partial charge on any atom is 0.248 e. The number of hydrogen-bond donors (Lipinski definition) is 2. The molecule has 7 nitrogen and oxygen atoms in total. The fourth-order valence-electron chi connectivity index (χ4n) is 4.39. The van der Waals surface area contributed by atoms with Gasteiger partial charge in [-0.2, -0.15) is 0 Å². The molecule has 1 amide bonds. The maximum atomic E-state index is 12.7. The molecular formula is C20H25N3O4S. The highest BCUT2D eigenvalue weighted by atomic mass is 32.2. The highest BCUT2D eigenvalue weighted by molar-refractivity contribution is 7.89. The lowest BCUT2D eigenvalue weighted by Crippen LogP contribution is -2.36. The SMILES string of the molecule is Cc1cc(=O)[nH]c2ccc(S(=O)(=O)NC[C@H]3CC(=O)N(C4CCCC4)C3)cc12. The number of nitrogens with one attached hydrogen (secondary N) is 2. The smallest absolute Gasteiger partial charge is 0.248 e. The van der Waals surface area contributed by atoms with Crippen LogP contribution in [0.3, 0.4) is 0 Å². The Bertz CT molecular complexity index is 1070. The number of carbonyl (C=O) groups excluding carboxylic acids is 1. The van der Waals surface area contributed by atoms with Crippen molar-refractivity contribution in [2.45, 2.75) is 50.0 Å². The summed E-state index contributed by atoms with van der Waals surface area (Å²) in [5.41, 5.74) is 1.12. The second-order valence-corrected chi connectivity index (χ2v) is 9.70. The minimum Gasteiger partial charge on any atom is -0.339 e. The van der Waals surface area contributed by atoms with Gasteiger partial charge in [0.25, 0.3) is 0 Å². The van der Waals surface area contributed by atoms with Crippen LogP contribution in [0.15, 0.2) is 34.0 Å². The molecule has 28 heavy (non-hydrogen) atoms. The van der Waals surface area contributed by atoms with E-state index >= 15 is 0 Å². The highest BCUT2D eigenvalue weighted by Crippen LogP contribution is 2.29. The molecule has 0 unspecified atom stereocenters. The quantitative estimate of drug-likeness (QED) is 0.796. The molecule has 1 aromatic carbocycles. The number of aryl methyl sites for hydroxylation is 1. The lowest BCUT2D eigenvalue weighted by atomic mass is 10.1. The van der Waals surface area contributed by atoms with E-state index in [0.717, 1.165) is 18.4 Å². The molecule has 2 aliphatic rings.